The molecule has 8 heteroatoms. The van der Waals surface area contributed by atoms with Crippen LogP contribution in [0, 0.1) is 0 Å². The molecular formula is C14H17N5O3. The van der Waals surface area contributed by atoms with Crippen LogP contribution in [0.5, 0.6) is 0 Å². The van der Waals surface area contributed by atoms with Crippen LogP contribution in [0.1, 0.15) is 19.3 Å². The van der Waals surface area contributed by atoms with Crippen LogP contribution >= 0.6 is 0 Å². The van der Waals surface area contributed by atoms with Gasteiger partial charge in [0.25, 0.3) is 11.8 Å². The Balaban J connectivity index is 1.58. The number of anilines is 1. The summed E-state index contributed by atoms with van der Waals surface area (Å²) in [5.74, 6) is -0.412. The van der Waals surface area contributed by atoms with Crippen LogP contribution in [0.25, 0.3) is 0 Å². The summed E-state index contributed by atoms with van der Waals surface area (Å²) < 4.78 is 1.62. The molecular weight excluding hydrogens is 286 g/mol. The van der Waals surface area contributed by atoms with Crippen molar-refractivity contribution < 1.29 is 14.4 Å². The van der Waals surface area contributed by atoms with E-state index in [2.05, 4.69) is 5.10 Å². The molecule has 22 heavy (non-hydrogen) atoms. The van der Waals surface area contributed by atoms with Crippen LogP contribution in [-0.2, 0) is 16.6 Å². The third-order valence-corrected chi connectivity index (χ3v) is 4.72. The summed E-state index contributed by atoms with van der Waals surface area (Å²) in [4.78, 5) is 41.9. The second-order valence-corrected chi connectivity index (χ2v) is 6.01. The monoisotopic (exact) mass is 303 g/mol. The van der Waals surface area contributed by atoms with Crippen molar-refractivity contribution in [2.24, 2.45) is 7.05 Å². The van der Waals surface area contributed by atoms with E-state index >= 15 is 0 Å². The minimum absolute atomic E-state index is 0.198. The van der Waals surface area contributed by atoms with Gasteiger partial charge in [0.2, 0.25) is 0 Å². The van der Waals surface area contributed by atoms with Crippen LogP contribution in [0.2, 0.25) is 0 Å². The molecule has 3 aliphatic heterocycles. The molecule has 4 amide bonds. The molecule has 3 saturated heterocycles. The zero-order chi connectivity index (χ0) is 15.4. The van der Waals surface area contributed by atoms with E-state index < -0.39 is 6.04 Å². The molecule has 0 N–H and O–H groups in total. The highest BCUT2D eigenvalue weighted by atomic mass is 16.2. The van der Waals surface area contributed by atoms with Gasteiger partial charge in [-0.15, -0.1) is 0 Å². The predicted octanol–water partition coefficient (Wildman–Crippen LogP) is -0.0480. The summed E-state index contributed by atoms with van der Waals surface area (Å²) in [6.45, 7) is 1.11. The fourth-order valence-electron chi connectivity index (χ4n) is 3.64. The number of carbonyl (C=O) groups is 3. The largest absolute Gasteiger partial charge is 0.328 e. The topological polar surface area (TPSA) is 78.8 Å². The highest BCUT2D eigenvalue weighted by molar-refractivity contribution is 6.10. The van der Waals surface area contributed by atoms with E-state index in [1.807, 2.05) is 0 Å². The molecule has 4 rings (SSSR count). The number of imide groups is 1. The summed E-state index contributed by atoms with van der Waals surface area (Å²) in [5.41, 5.74) is 0.703. The van der Waals surface area contributed by atoms with Gasteiger partial charge in [-0.3, -0.25) is 14.3 Å². The lowest BCUT2D eigenvalue weighted by molar-refractivity contribution is -0.133. The number of aryl methyl sites for hydroxylation is 1. The minimum atomic E-state index is -0.675. The van der Waals surface area contributed by atoms with Gasteiger partial charge >= 0.3 is 6.03 Å². The van der Waals surface area contributed by atoms with E-state index in [9.17, 15) is 14.4 Å². The summed E-state index contributed by atoms with van der Waals surface area (Å²) in [6, 6.07) is -1.34. The lowest BCUT2D eigenvalue weighted by Crippen LogP contribution is -2.46. The SMILES string of the molecule is Cn1cc(N2CC[C@H](N3C(=O)[C@H]4CCCN4C3=O)C2=O)cn1. The van der Waals surface area contributed by atoms with Gasteiger partial charge in [0.05, 0.1) is 11.9 Å². The van der Waals surface area contributed by atoms with Crippen molar-refractivity contribution >= 4 is 23.5 Å². The van der Waals surface area contributed by atoms with Crippen LogP contribution in [-0.4, -0.2) is 62.6 Å². The molecule has 0 unspecified atom stereocenters. The Morgan fingerprint density at radius 2 is 1.91 bits per heavy atom. The van der Waals surface area contributed by atoms with Crippen molar-refractivity contribution in [3.63, 3.8) is 0 Å². The van der Waals surface area contributed by atoms with Crippen LogP contribution in [0.4, 0.5) is 10.5 Å². The molecule has 0 aliphatic carbocycles. The van der Waals surface area contributed by atoms with E-state index in [4.69, 9.17) is 0 Å². The highest BCUT2D eigenvalue weighted by Gasteiger charge is 2.53. The Labute approximate surface area is 127 Å². The summed E-state index contributed by atoms with van der Waals surface area (Å²) in [7, 11) is 1.78. The Morgan fingerprint density at radius 1 is 1.09 bits per heavy atom. The fraction of sp³-hybridized carbons (Fsp3) is 0.571. The van der Waals surface area contributed by atoms with E-state index in [-0.39, 0.29) is 23.9 Å². The molecule has 3 aliphatic rings. The highest BCUT2D eigenvalue weighted by Crippen LogP contribution is 2.32. The molecule has 0 bridgehead atoms. The summed E-state index contributed by atoms with van der Waals surface area (Å²) in [6.07, 6.45) is 5.41. The first-order valence-corrected chi connectivity index (χ1v) is 7.51. The maximum atomic E-state index is 12.6. The van der Waals surface area contributed by atoms with Crippen molar-refractivity contribution in [3.8, 4) is 0 Å². The number of hydrogen-bond donors (Lipinski definition) is 0. The predicted molar refractivity (Wildman–Crippen MR) is 75.9 cm³/mol. The van der Waals surface area contributed by atoms with Crippen molar-refractivity contribution in [2.75, 3.05) is 18.0 Å². The van der Waals surface area contributed by atoms with E-state index in [1.54, 1.807) is 33.9 Å². The fourth-order valence-corrected chi connectivity index (χ4v) is 3.64. The lowest BCUT2D eigenvalue weighted by Gasteiger charge is -2.21. The van der Waals surface area contributed by atoms with Crippen LogP contribution in [0.3, 0.4) is 0 Å². The lowest BCUT2D eigenvalue weighted by atomic mass is 10.1. The number of rotatable bonds is 2. The van der Waals surface area contributed by atoms with Gasteiger partial charge in [0, 0.05) is 26.3 Å². The number of hydrogen-bond acceptors (Lipinski definition) is 4. The first-order chi connectivity index (χ1) is 10.6. The Bertz CT molecular complexity index is 647. The Morgan fingerprint density at radius 3 is 2.59 bits per heavy atom. The maximum Gasteiger partial charge on any atom is 0.328 e. The number of amides is 4. The van der Waals surface area contributed by atoms with E-state index in [0.717, 1.165) is 6.42 Å². The zero-order valence-corrected chi connectivity index (χ0v) is 12.3. The Kier molecular flexibility index (Phi) is 2.75. The average Bonchev–Trinajstić information content (AvgIpc) is 3.21. The molecule has 1 aromatic rings. The van der Waals surface area contributed by atoms with Gasteiger partial charge in [-0.05, 0) is 19.3 Å². The third-order valence-electron chi connectivity index (χ3n) is 4.72. The van der Waals surface area contributed by atoms with Gasteiger partial charge in [0.15, 0.2) is 0 Å². The molecule has 1 aromatic heterocycles. The second kappa shape index (κ2) is 4.56. The molecule has 0 aromatic carbocycles. The summed E-state index contributed by atoms with van der Waals surface area (Å²) in [5, 5.41) is 4.06. The number of nitrogens with zero attached hydrogens (tertiary/aromatic N) is 5. The van der Waals surface area contributed by atoms with E-state index in [0.29, 0.717) is 31.6 Å². The number of fused-ring (bicyclic) bond motifs is 1. The third kappa shape index (κ3) is 1.69. The maximum absolute atomic E-state index is 12.6. The average molecular weight is 303 g/mol. The van der Waals surface area contributed by atoms with Gasteiger partial charge in [-0.1, -0.05) is 0 Å². The number of aromatic nitrogens is 2. The molecule has 4 heterocycles. The Hall–Kier alpha value is -2.38. The molecule has 0 radical (unpaired) electrons. The number of urea groups is 1. The molecule has 0 saturated carbocycles. The van der Waals surface area contributed by atoms with Gasteiger partial charge in [-0.25, -0.2) is 9.69 Å². The molecule has 0 spiro atoms. The smallest absolute Gasteiger partial charge is 0.312 e. The molecule has 116 valence electrons. The molecule has 2 atom stereocenters. The van der Waals surface area contributed by atoms with Crippen LogP contribution < -0.4 is 4.90 Å². The second-order valence-electron chi connectivity index (χ2n) is 6.01. The van der Waals surface area contributed by atoms with Gasteiger partial charge in [0.1, 0.15) is 12.1 Å². The first kappa shape index (κ1) is 13.3. The molecule has 3 fully saturated rings. The standard InChI is InChI=1S/C14H17N5O3/c1-16-8-9(7-15-16)17-6-4-11(12(17)20)19-13(21)10-3-2-5-18(10)14(19)22/h7-8,10-11H,2-6H2,1H3/t10-,11+/m1/s1. The van der Waals surface area contributed by atoms with Crippen molar-refractivity contribution in [2.45, 2.75) is 31.3 Å². The number of carbonyl (C=O) groups excluding carboxylic acids is 3. The quantitative estimate of drug-likeness (QED) is 0.718. The van der Waals surface area contributed by atoms with E-state index in [1.165, 1.54) is 4.90 Å². The van der Waals surface area contributed by atoms with Gasteiger partial charge in [-0.2, -0.15) is 5.10 Å². The van der Waals surface area contributed by atoms with Crippen molar-refractivity contribution in [1.82, 2.24) is 19.6 Å². The first-order valence-electron chi connectivity index (χ1n) is 7.51. The molecule has 8 nitrogen and oxygen atoms in total. The zero-order valence-electron chi connectivity index (χ0n) is 12.3. The van der Waals surface area contributed by atoms with Crippen molar-refractivity contribution in [1.29, 1.82) is 0 Å². The van der Waals surface area contributed by atoms with Gasteiger partial charge < -0.3 is 9.80 Å². The minimum Gasteiger partial charge on any atom is -0.312 e. The van der Waals surface area contributed by atoms with Crippen LogP contribution in [0.15, 0.2) is 12.4 Å². The normalized spacial score (nSPS) is 28.2. The summed E-state index contributed by atoms with van der Waals surface area (Å²) >= 11 is 0. The van der Waals surface area contributed by atoms with Crippen molar-refractivity contribution in [3.05, 3.63) is 12.4 Å².